The van der Waals surface area contributed by atoms with Crippen LogP contribution >= 0.6 is 0 Å². The molecule has 0 bridgehead atoms. The van der Waals surface area contributed by atoms with E-state index in [1.54, 1.807) is 4.90 Å². The van der Waals surface area contributed by atoms with Crippen LogP contribution < -0.4 is 5.32 Å². The third-order valence-electron chi connectivity index (χ3n) is 4.54. The summed E-state index contributed by atoms with van der Waals surface area (Å²) >= 11 is 0. The van der Waals surface area contributed by atoms with E-state index in [0.717, 1.165) is 45.7 Å². The number of hydrogen-bond acceptors (Lipinski definition) is 5. The quantitative estimate of drug-likeness (QED) is 0.699. The molecule has 3 N–H and O–H groups in total. The number of aliphatic hydroxyl groups excluding tert-OH is 1. The fraction of sp³-hybridized carbons (Fsp3) is 0.889. The molecule has 2 aliphatic heterocycles. The molecule has 2 fully saturated rings. The molecule has 1 amide bonds. The molecule has 2 aliphatic rings. The number of carboxylic acids is 1. The van der Waals surface area contributed by atoms with E-state index in [1.165, 1.54) is 0 Å². The first-order chi connectivity index (χ1) is 11.6. The van der Waals surface area contributed by atoms with Gasteiger partial charge in [-0.1, -0.05) is 0 Å². The Morgan fingerprint density at radius 2 is 1.52 bits per heavy atom. The average molecular weight is 358 g/mol. The number of hydrogen-bond donors (Lipinski definition) is 3. The Labute approximate surface area is 150 Å². The highest BCUT2D eigenvalue weighted by Gasteiger charge is 2.33. The van der Waals surface area contributed by atoms with Crippen molar-refractivity contribution in [1.82, 2.24) is 10.2 Å². The Kier molecular flexibility index (Phi) is 8.65. The molecule has 0 aromatic rings. The maximum Gasteiger partial charge on any atom is 0.410 e. The van der Waals surface area contributed by atoms with Gasteiger partial charge in [-0.15, -0.1) is 0 Å². The Hall–Kier alpha value is -1.34. The van der Waals surface area contributed by atoms with E-state index >= 15 is 0 Å². The third kappa shape index (κ3) is 8.54. The van der Waals surface area contributed by atoms with Crippen molar-refractivity contribution in [3.05, 3.63) is 0 Å². The Morgan fingerprint density at radius 3 is 1.96 bits per heavy atom. The maximum absolute atomic E-state index is 12.0. The largest absolute Gasteiger partial charge is 0.481 e. The number of carbonyl (C=O) groups excluding carboxylic acids is 1. The predicted molar refractivity (Wildman–Crippen MR) is 95.4 cm³/mol. The van der Waals surface area contributed by atoms with Gasteiger partial charge in [0.25, 0.3) is 5.97 Å². The highest BCUT2D eigenvalue weighted by Crippen LogP contribution is 2.29. The zero-order valence-corrected chi connectivity index (χ0v) is 16.0. The zero-order chi connectivity index (χ0) is 19.0. The number of carbonyl (C=O) groups is 2. The van der Waals surface area contributed by atoms with Crippen LogP contribution in [0.2, 0.25) is 0 Å². The minimum Gasteiger partial charge on any atom is -0.481 e. The summed E-state index contributed by atoms with van der Waals surface area (Å²) in [5.41, 5.74) is -0.442. The lowest BCUT2D eigenvalue weighted by Gasteiger charge is -2.38. The van der Waals surface area contributed by atoms with Crippen molar-refractivity contribution in [2.75, 3.05) is 26.2 Å². The van der Waals surface area contributed by atoms with Gasteiger partial charge in [0.1, 0.15) is 5.60 Å². The van der Waals surface area contributed by atoms with Crippen LogP contribution in [-0.4, -0.2) is 65.1 Å². The number of nitrogens with zero attached hydrogens (tertiary/aromatic N) is 1. The molecule has 1 unspecified atom stereocenters. The predicted octanol–water partition coefficient (Wildman–Crippen LogP) is 2.08. The number of aliphatic carboxylic acids is 1. The van der Waals surface area contributed by atoms with Crippen LogP contribution in [0.3, 0.4) is 0 Å². The van der Waals surface area contributed by atoms with Gasteiger partial charge in [0, 0.05) is 20.0 Å². The Bertz CT molecular complexity index is 418. The van der Waals surface area contributed by atoms with E-state index in [-0.39, 0.29) is 12.2 Å². The molecular weight excluding hydrogens is 324 g/mol. The van der Waals surface area contributed by atoms with Crippen LogP contribution in [0.4, 0.5) is 4.79 Å². The summed E-state index contributed by atoms with van der Waals surface area (Å²) < 4.78 is 5.41. The fourth-order valence-electron chi connectivity index (χ4n) is 3.32. The van der Waals surface area contributed by atoms with Crippen molar-refractivity contribution in [1.29, 1.82) is 0 Å². The summed E-state index contributed by atoms with van der Waals surface area (Å²) in [4.78, 5) is 22.8. The Morgan fingerprint density at radius 1 is 1.08 bits per heavy atom. The summed E-state index contributed by atoms with van der Waals surface area (Å²) in [5.74, 6) is -0.0869. The van der Waals surface area contributed by atoms with Gasteiger partial charge in [-0.25, -0.2) is 4.79 Å². The molecular formula is C18H34N2O5. The van der Waals surface area contributed by atoms with Crippen molar-refractivity contribution >= 4 is 12.1 Å². The molecule has 0 saturated carbocycles. The number of aliphatic hydroxyl groups is 1. The summed E-state index contributed by atoms with van der Waals surface area (Å²) in [6.07, 6.45) is 3.44. The highest BCUT2D eigenvalue weighted by molar-refractivity contribution is 5.68. The monoisotopic (exact) mass is 358 g/mol. The standard InChI is InChI=1S/C16H30N2O3.C2H4O2/c1-16(2,3)21-15(20)18-10-6-13(7-11-18)14(19)12-4-8-17-9-5-12;1-2(3)4/h12-14,17,19H,4-11H2,1-3H3;1H3,(H,3,4). The molecule has 1 atom stereocenters. The highest BCUT2D eigenvalue weighted by atomic mass is 16.6. The van der Waals surface area contributed by atoms with Gasteiger partial charge in [-0.2, -0.15) is 0 Å². The summed E-state index contributed by atoms with van der Waals surface area (Å²) in [7, 11) is 0. The lowest BCUT2D eigenvalue weighted by molar-refractivity contribution is -0.134. The van der Waals surface area contributed by atoms with Gasteiger partial charge in [0.15, 0.2) is 0 Å². The van der Waals surface area contributed by atoms with Crippen LogP contribution in [-0.2, 0) is 9.53 Å². The van der Waals surface area contributed by atoms with Gasteiger partial charge in [0.05, 0.1) is 6.10 Å². The second-order valence-electron chi connectivity index (χ2n) is 7.90. The minimum absolute atomic E-state index is 0.215. The molecule has 2 heterocycles. The first kappa shape index (κ1) is 21.7. The third-order valence-corrected chi connectivity index (χ3v) is 4.54. The van der Waals surface area contributed by atoms with Crippen LogP contribution in [0.15, 0.2) is 0 Å². The molecule has 2 saturated heterocycles. The van der Waals surface area contributed by atoms with Gasteiger partial charge in [-0.05, 0) is 71.4 Å². The van der Waals surface area contributed by atoms with Crippen LogP contribution in [0.5, 0.6) is 0 Å². The lowest BCUT2D eigenvalue weighted by atomic mass is 9.80. The molecule has 7 heteroatoms. The van der Waals surface area contributed by atoms with Crippen molar-refractivity contribution in [2.24, 2.45) is 11.8 Å². The zero-order valence-electron chi connectivity index (χ0n) is 16.0. The van der Waals surface area contributed by atoms with E-state index in [4.69, 9.17) is 14.6 Å². The normalized spacial score (nSPS) is 21.1. The van der Waals surface area contributed by atoms with E-state index in [1.807, 2.05) is 20.8 Å². The van der Waals surface area contributed by atoms with Gasteiger partial charge in [-0.3, -0.25) is 4.79 Å². The second kappa shape index (κ2) is 9.97. The summed E-state index contributed by atoms with van der Waals surface area (Å²) in [6, 6.07) is 0. The number of rotatable bonds is 2. The van der Waals surface area contributed by atoms with Gasteiger partial charge >= 0.3 is 6.09 Å². The summed E-state index contributed by atoms with van der Waals surface area (Å²) in [6.45, 7) is 10.2. The van der Waals surface area contributed by atoms with Crippen molar-refractivity contribution in [3.8, 4) is 0 Å². The van der Waals surface area contributed by atoms with Crippen LogP contribution in [0.1, 0.15) is 53.4 Å². The molecule has 146 valence electrons. The minimum atomic E-state index is -0.833. The number of likely N-dealkylation sites (tertiary alicyclic amines) is 1. The summed E-state index contributed by atoms with van der Waals surface area (Å²) in [5, 5.41) is 21.3. The topological polar surface area (TPSA) is 99.1 Å². The second-order valence-corrected chi connectivity index (χ2v) is 7.90. The first-order valence-corrected chi connectivity index (χ1v) is 9.16. The van der Waals surface area contributed by atoms with Crippen molar-refractivity contribution in [2.45, 2.75) is 65.1 Å². The van der Waals surface area contributed by atoms with Crippen LogP contribution in [0, 0.1) is 11.8 Å². The molecule has 2 rings (SSSR count). The first-order valence-electron chi connectivity index (χ1n) is 9.16. The molecule has 0 aromatic heterocycles. The average Bonchev–Trinajstić information content (AvgIpc) is 2.53. The van der Waals surface area contributed by atoms with E-state index in [2.05, 4.69) is 5.32 Å². The number of ether oxygens (including phenoxy) is 1. The number of nitrogens with one attached hydrogen (secondary N) is 1. The smallest absolute Gasteiger partial charge is 0.410 e. The SMILES string of the molecule is CC(=O)O.CC(C)(C)OC(=O)N1CCC(C(O)C2CCNCC2)CC1. The number of amides is 1. The molecule has 0 radical (unpaired) electrons. The number of piperidine rings is 2. The molecule has 0 spiro atoms. The van der Waals surface area contributed by atoms with E-state index in [9.17, 15) is 9.90 Å². The maximum atomic E-state index is 12.0. The Balaban J connectivity index is 0.000000705. The van der Waals surface area contributed by atoms with Gasteiger partial charge in [0.2, 0.25) is 0 Å². The molecule has 0 aliphatic carbocycles. The van der Waals surface area contributed by atoms with Crippen LogP contribution in [0.25, 0.3) is 0 Å². The van der Waals surface area contributed by atoms with Crippen molar-refractivity contribution in [3.63, 3.8) is 0 Å². The molecule has 7 nitrogen and oxygen atoms in total. The van der Waals surface area contributed by atoms with Gasteiger partial charge < -0.3 is 25.2 Å². The van der Waals surface area contributed by atoms with Crippen molar-refractivity contribution < 1.29 is 24.5 Å². The van der Waals surface area contributed by atoms with E-state index in [0.29, 0.717) is 24.9 Å². The number of carboxylic acid groups (broad SMARTS) is 1. The molecule has 0 aromatic carbocycles. The fourth-order valence-corrected chi connectivity index (χ4v) is 3.32. The lowest BCUT2D eigenvalue weighted by Crippen LogP contribution is -2.46. The van der Waals surface area contributed by atoms with E-state index < -0.39 is 11.6 Å². The molecule has 25 heavy (non-hydrogen) atoms.